The molecule has 0 fully saturated rings. The summed E-state index contributed by atoms with van der Waals surface area (Å²) in [4.78, 5) is 27.5. The van der Waals surface area contributed by atoms with E-state index in [2.05, 4.69) is 56.1 Å². The number of rotatable bonds is 0. The fraction of sp³-hybridized carbons (Fsp3) is 0. The lowest BCUT2D eigenvalue weighted by atomic mass is 10.0. The highest BCUT2D eigenvalue weighted by atomic mass is 79.9. The van der Waals surface area contributed by atoms with Gasteiger partial charge in [0.25, 0.3) is 11.1 Å². The molecule has 0 spiro atoms. The number of nitrogens with zero attached hydrogens (tertiary/aromatic N) is 2. The highest BCUT2D eigenvalue weighted by Gasteiger charge is 2.23. The van der Waals surface area contributed by atoms with Gasteiger partial charge in [0.2, 0.25) is 0 Å². The molecule has 5 heterocycles. The maximum atomic E-state index is 13.8. The number of hydrogen-bond acceptors (Lipinski definition) is 3. The van der Waals surface area contributed by atoms with Gasteiger partial charge in [-0.2, -0.15) is 0 Å². The molecule has 0 atom stereocenters. The Bertz CT molecular complexity index is 2100. The van der Waals surface area contributed by atoms with E-state index in [0.29, 0.717) is 9.40 Å². The van der Waals surface area contributed by atoms with Crippen LogP contribution in [0.5, 0.6) is 0 Å². The average Bonchev–Trinajstić information content (AvgIpc) is 3.49. The van der Waals surface area contributed by atoms with Crippen molar-refractivity contribution in [2.75, 3.05) is 0 Å². The molecule has 33 heavy (non-hydrogen) atoms. The number of aromatic nitrogens is 2. The maximum Gasteiger partial charge on any atom is 0.273 e. The second kappa shape index (κ2) is 5.91. The van der Waals surface area contributed by atoms with Crippen molar-refractivity contribution in [3.8, 4) is 0 Å². The topological polar surface area (TPSA) is 43.0 Å². The molecule has 0 aliphatic heterocycles. The second-order valence-corrected chi connectivity index (χ2v) is 11.3. The monoisotopic (exact) mass is 572 g/mol. The first kappa shape index (κ1) is 18.4. The highest BCUT2D eigenvalue weighted by Crippen LogP contribution is 2.42. The quantitative estimate of drug-likeness (QED) is 0.181. The van der Waals surface area contributed by atoms with E-state index in [-0.39, 0.29) is 11.1 Å². The van der Waals surface area contributed by atoms with Crippen LogP contribution in [0.15, 0.2) is 79.2 Å². The van der Waals surface area contributed by atoms with Gasteiger partial charge in [-0.3, -0.25) is 18.4 Å². The molecule has 156 valence electrons. The molecule has 0 aliphatic carbocycles. The van der Waals surface area contributed by atoms with Gasteiger partial charge in [-0.05, 0) is 36.4 Å². The predicted octanol–water partition coefficient (Wildman–Crippen LogP) is 7.14. The molecule has 0 aliphatic rings. The Morgan fingerprint density at radius 3 is 1.48 bits per heavy atom. The fourth-order valence-corrected chi connectivity index (χ4v) is 7.28. The number of pyridine rings is 2. The van der Waals surface area contributed by atoms with Crippen LogP contribution >= 0.6 is 43.2 Å². The molecule has 0 unspecified atom stereocenters. The van der Waals surface area contributed by atoms with Gasteiger partial charge in [-0.1, -0.05) is 56.1 Å². The third kappa shape index (κ3) is 2.11. The Labute approximate surface area is 205 Å². The minimum Gasteiger partial charge on any atom is -0.275 e. The molecular formula is C26H10Br2N2O2S. The molecule has 3 aromatic carbocycles. The zero-order chi connectivity index (χ0) is 22.2. The van der Waals surface area contributed by atoms with Crippen LogP contribution in [-0.4, -0.2) is 8.80 Å². The highest BCUT2D eigenvalue weighted by molar-refractivity contribution is 9.10. The molecule has 5 aromatic heterocycles. The van der Waals surface area contributed by atoms with Gasteiger partial charge in [0.05, 0.1) is 22.1 Å². The van der Waals surface area contributed by atoms with Crippen molar-refractivity contribution in [3.05, 3.63) is 90.3 Å². The molecule has 4 nitrogen and oxygen atoms in total. The third-order valence-corrected chi connectivity index (χ3v) is 8.90. The summed E-state index contributed by atoms with van der Waals surface area (Å²) in [5, 5.41) is 5.83. The normalized spacial score (nSPS) is 12.8. The zero-order valence-corrected chi connectivity index (χ0v) is 20.6. The van der Waals surface area contributed by atoms with Crippen molar-refractivity contribution in [2.45, 2.75) is 0 Å². The van der Waals surface area contributed by atoms with Crippen molar-refractivity contribution < 1.29 is 0 Å². The molecule has 0 N–H and O–H groups in total. The molecular weight excluding hydrogens is 564 g/mol. The number of hydrogen-bond donors (Lipinski definition) is 0. The van der Waals surface area contributed by atoms with E-state index in [0.717, 1.165) is 63.3 Å². The maximum absolute atomic E-state index is 13.8. The summed E-state index contributed by atoms with van der Waals surface area (Å²) >= 11 is 8.38. The zero-order valence-electron chi connectivity index (χ0n) is 16.6. The Kier molecular flexibility index (Phi) is 3.30. The second-order valence-electron chi connectivity index (χ2n) is 8.42. The smallest absolute Gasteiger partial charge is 0.273 e. The van der Waals surface area contributed by atoms with Gasteiger partial charge < -0.3 is 0 Å². The van der Waals surface area contributed by atoms with Crippen LogP contribution in [0.1, 0.15) is 0 Å². The van der Waals surface area contributed by atoms with Crippen LogP contribution in [-0.2, 0) is 0 Å². The number of thiophene rings is 1. The van der Waals surface area contributed by atoms with Crippen molar-refractivity contribution in [3.63, 3.8) is 0 Å². The van der Waals surface area contributed by atoms with Gasteiger partial charge in [0, 0.05) is 41.3 Å². The predicted molar refractivity (Wildman–Crippen MR) is 144 cm³/mol. The first-order valence-electron chi connectivity index (χ1n) is 10.3. The number of halogens is 2. The van der Waals surface area contributed by atoms with Crippen LogP contribution in [0.25, 0.3) is 63.8 Å². The van der Waals surface area contributed by atoms with E-state index in [1.54, 1.807) is 8.80 Å². The Morgan fingerprint density at radius 2 is 1.03 bits per heavy atom. The third-order valence-electron chi connectivity index (χ3n) is 6.74. The molecule has 7 heteroatoms. The van der Waals surface area contributed by atoms with E-state index in [1.807, 2.05) is 36.4 Å². The molecule has 0 radical (unpaired) electrons. The van der Waals surface area contributed by atoms with Gasteiger partial charge in [0.15, 0.2) is 0 Å². The van der Waals surface area contributed by atoms with Crippen LogP contribution in [0.3, 0.4) is 0 Å². The summed E-state index contributed by atoms with van der Waals surface area (Å²) in [6, 6.07) is 20.3. The van der Waals surface area contributed by atoms with Crippen molar-refractivity contribution in [1.29, 1.82) is 0 Å². The van der Waals surface area contributed by atoms with E-state index < -0.39 is 0 Å². The molecule has 0 saturated heterocycles. The number of benzene rings is 3. The van der Waals surface area contributed by atoms with Crippen LogP contribution < -0.4 is 11.1 Å². The van der Waals surface area contributed by atoms with Crippen molar-refractivity contribution >= 4 is 107 Å². The Hall–Kier alpha value is -3.00. The SMILES string of the molecule is O=c1c2sc3c(=O)n4c5cc(Br)ccc5cc4c4ccc(c2c34)c2cc3ccc(Br)cc3n12. The first-order valence-corrected chi connectivity index (χ1v) is 12.7. The van der Waals surface area contributed by atoms with Gasteiger partial charge in [-0.25, -0.2) is 0 Å². The van der Waals surface area contributed by atoms with Crippen molar-refractivity contribution in [2.24, 2.45) is 0 Å². The van der Waals surface area contributed by atoms with Gasteiger partial charge in [-0.15, -0.1) is 11.3 Å². The van der Waals surface area contributed by atoms with Gasteiger partial charge >= 0.3 is 0 Å². The summed E-state index contributed by atoms with van der Waals surface area (Å²) in [6.07, 6.45) is 0. The summed E-state index contributed by atoms with van der Waals surface area (Å²) in [6.45, 7) is 0. The molecule has 8 aromatic rings. The van der Waals surface area contributed by atoms with Crippen LogP contribution in [0.2, 0.25) is 0 Å². The van der Waals surface area contributed by atoms with Gasteiger partial charge in [0.1, 0.15) is 9.40 Å². The first-order chi connectivity index (χ1) is 16.0. The number of fused-ring (bicyclic) bond motifs is 8. The minimum atomic E-state index is -0.0732. The van der Waals surface area contributed by atoms with E-state index in [4.69, 9.17) is 0 Å². The lowest BCUT2D eigenvalue weighted by Crippen LogP contribution is -2.11. The molecule has 0 amide bonds. The van der Waals surface area contributed by atoms with E-state index >= 15 is 0 Å². The van der Waals surface area contributed by atoms with E-state index in [9.17, 15) is 9.59 Å². The van der Waals surface area contributed by atoms with Crippen LogP contribution in [0.4, 0.5) is 0 Å². The molecule has 8 rings (SSSR count). The summed E-state index contributed by atoms with van der Waals surface area (Å²) in [5.74, 6) is 0. The Balaban J connectivity index is 1.69. The van der Waals surface area contributed by atoms with E-state index in [1.165, 1.54) is 11.3 Å². The Morgan fingerprint density at radius 1 is 0.576 bits per heavy atom. The fourth-order valence-electron chi connectivity index (χ4n) is 5.39. The summed E-state index contributed by atoms with van der Waals surface area (Å²) in [7, 11) is 0. The largest absolute Gasteiger partial charge is 0.275 e. The standard InChI is InChI=1S/C26H10Br2N2O2S/c27-13-3-1-11-7-19-15-5-6-16-20-8-12-2-4-14(28)10-18(12)30(20)26(32)24-22(16)21(15)23(33-24)25(31)29(19)17(11)9-13/h1-10H. The van der Waals surface area contributed by atoms with Crippen LogP contribution in [0, 0.1) is 0 Å². The summed E-state index contributed by atoms with van der Waals surface area (Å²) in [5.41, 5.74) is 3.33. The van der Waals surface area contributed by atoms with Crippen molar-refractivity contribution in [1.82, 2.24) is 8.80 Å². The molecule has 0 saturated carbocycles. The lowest BCUT2D eigenvalue weighted by molar-refractivity contribution is 1.21. The average molecular weight is 574 g/mol. The molecule has 0 bridgehead atoms. The summed E-state index contributed by atoms with van der Waals surface area (Å²) < 4.78 is 6.68. The lowest BCUT2D eigenvalue weighted by Gasteiger charge is -2.07. The minimum absolute atomic E-state index is 0.0732.